The highest BCUT2D eigenvalue weighted by atomic mass is 32.2. The third kappa shape index (κ3) is 4.93. The molecule has 28 heavy (non-hydrogen) atoms. The highest BCUT2D eigenvalue weighted by Gasteiger charge is 2.30. The van der Waals surface area contributed by atoms with Crippen molar-refractivity contribution in [2.45, 2.75) is 57.7 Å². The van der Waals surface area contributed by atoms with E-state index in [0.29, 0.717) is 5.16 Å². The first-order chi connectivity index (χ1) is 13.0. The van der Waals surface area contributed by atoms with Gasteiger partial charge in [-0.25, -0.2) is 0 Å². The molecule has 2 aromatic rings. The lowest BCUT2D eigenvalue weighted by molar-refractivity contribution is -0.120. The summed E-state index contributed by atoms with van der Waals surface area (Å²) in [5.74, 6) is 0.761. The third-order valence-electron chi connectivity index (χ3n) is 4.96. The Hall–Kier alpha value is -2.33. The lowest BCUT2D eigenvalue weighted by atomic mass is 9.87. The normalized spacial score (nSPS) is 13.8. The molecule has 1 aromatic carbocycles. The van der Waals surface area contributed by atoms with Crippen LogP contribution >= 0.6 is 11.8 Å². The van der Waals surface area contributed by atoms with Gasteiger partial charge in [-0.2, -0.15) is 5.26 Å². The molecular weight excluding hydrogens is 370 g/mol. The second-order valence-electron chi connectivity index (χ2n) is 8.50. The number of carbonyl (C=O) groups is 1. The first-order valence-electron chi connectivity index (χ1n) is 9.33. The highest BCUT2D eigenvalue weighted by Crippen LogP contribution is 2.27. The predicted molar refractivity (Wildman–Crippen MR) is 113 cm³/mol. The smallest absolute Gasteiger partial charge is 0.231 e. The van der Waals surface area contributed by atoms with E-state index >= 15 is 0 Å². The quantitative estimate of drug-likeness (QED) is 0.744. The fraction of sp³-hybridized carbons (Fsp3) is 0.524. The van der Waals surface area contributed by atoms with Gasteiger partial charge < -0.3 is 9.88 Å². The van der Waals surface area contributed by atoms with Crippen molar-refractivity contribution in [3.63, 3.8) is 0 Å². The van der Waals surface area contributed by atoms with E-state index < -0.39 is 5.54 Å². The van der Waals surface area contributed by atoms with Crippen LogP contribution in [0.2, 0.25) is 0 Å². The molecule has 0 spiro atoms. The van der Waals surface area contributed by atoms with Crippen LogP contribution in [0.1, 0.15) is 47.1 Å². The Balaban J connectivity index is 2.07. The zero-order valence-electron chi connectivity index (χ0n) is 17.7. The van der Waals surface area contributed by atoms with Gasteiger partial charge in [0.1, 0.15) is 5.54 Å². The zero-order chi connectivity index (χ0) is 21.1. The van der Waals surface area contributed by atoms with Gasteiger partial charge >= 0.3 is 0 Å². The van der Waals surface area contributed by atoms with Gasteiger partial charge in [0.15, 0.2) is 11.0 Å². The maximum Gasteiger partial charge on any atom is 0.231 e. The highest BCUT2D eigenvalue weighted by molar-refractivity contribution is 7.99. The fourth-order valence-corrected chi connectivity index (χ4v) is 3.28. The number of carbonyl (C=O) groups excluding carboxylic acids is 1. The van der Waals surface area contributed by atoms with E-state index in [-0.39, 0.29) is 23.0 Å². The number of benzene rings is 1. The molecule has 2 rings (SSSR count). The molecule has 150 valence electrons. The Morgan fingerprint density at radius 2 is 1.82 bits per heavy atom. The van der Waals surface area contributed by atoms with Crippen molar-refractivity contribution in [1.29, 1.82) is 5.26 Å². The van der Waals surface area contributed by atoms with E-state index in [9.17, 15) is 10.1 Å². The van der Waals surface area contributed by atoms with Crippen molar-refractivity contribution in [2.24, 2.45) is 13.0 Å². The minimum Gasteiger partial charge on any atom is -0.337 e. The van der Waals surface area contributed by atoms with E-state index in [2.05, 4.69) is 54.5 Å². The average molecular weight is 400 g/mol. The number of amides is 1. The second kappa shape index (κ2) is 8.36. The molecule has 0 aliphatic carbocycles. The number of hydrogen-bond acceptors (Lipinski definition) is 5. The molecule has 1 amide bonds. The number of hydrogen-bond donors (Lipinski definition) is 1. The SMILES string of the molecule is CC(C)[C@@](C)(C#N)NC(=O)CSc1nnc(-c2ccc(C(C)(C)C)cc2)n1C. The standard InChI is InChI=1S/C21H29N5OS/c1-14(2)21(6,13-22)23-17(27)12-28-19-25-24-18(26(19)7)15-8-10-16(11-9-15)20(3,4)5/h8-11,14H,12H2,1-7H3,(H,23,27)/t21-/m1/s1. The van der Waals surface area contributed by atoms with Gasteiger partial charge in [-0.3, -0.25) is 4.79 Å². The van der Waals surface area contributed by atoms with E-state index in [0.717, 1.165) is 11.4 Å². The van der Waals surface area contributed by atoms with Crippen molar-refractivity contribution >= 4 is 17.7 Å². The van der Waals surface area contributed by atoms with Gasteiger partial charge in [-0.05, 0) is 23.8 Å². The van der Waals surface area contributed by atoms with Gasteiger partial charge in [-0.15, -0.1) is 10.2 Å². The van der Waals surface area contributed by atoms with Crippen LogP contribution in [0.15, 0.2) is 29.4 Å². The molecule has 0 fully saturated rings. The second-order valence-corrected chi connectivity index (χ2v) is 9.44. The topological polar surface area (TPSA) is 83.6 Å². The molecule has 0 saturated carbocycles. The molecule has 7 heteroatoms. The maximum atomic E-state index is 12.3. The first-order valence-corrected chi connectivity index (χ1v) is 10.3. The molecule has 1 heterocycles. The first kappa shape index (κ1) is 22.0. The van der Waals surface area contributed by atoms with Crippen LogP contribution < -0.4 is 5.32 Å². The zero-order valence-corrected chi connectivity index (χ0v) is 18.5. The number of nitriles is 1. The largest absolute Gasteiger partial charge is 0.337 e. The van der Waals surface area contributed by atoms with Crippen LogP contribution in [0.3, 0.4) is 0 Å². The summed E-state index contributed by atoms with van der Waals surface area (Å²) in [6.07, 6.45) is 0. The molecule has 0 aliphatic heterocycles. The minimum atomic E-state index is -0.877. The summed E-state index contributed by atoms with van der Waals surface area (Å²) in [4.78, 5) is 12.3. The molecule has 1 N–H and O–H groups in total. The summed E-state index contributed by atoms with van der Waals surface area (Å²) in [5.41, 5.74) is 1.46. The van der Waals surface area contributed by atoms with Gasteiger partial charge in [0.05, 0.1) is 11.8 Å². The Kier molecular flexibility index (Phi) is 6.56. The number of nitrogens with one attached hydrogen (secondary N) is 1. The monoisotopic (exact) mass is 399 g/mol. The molecule has 6 nitrogen and oxygen atoms in total. The molecule has 1 aromatic heterocycles. The minimum absolute atomic E-state index is 0.0175. The molecule has 1 atom stereocenters. The van der Waals surface area contributed by atoms with E-state index in [4.69, 9.17) is 0 Å². The molecule has 0 saturated heterocycles. The maximum absolute atomic E-state index is 12.3. The summed E-state index contributed by atoms with van der Waals surface area (Å²) >= 11 is 1.31. The van der Waals surface area contributed by atoms with Crippen molar-refractivity contribution in [1.82, 2.24) is 20.1 Å². The van der Waals surface area contributed by atoms with Crippen LogP contribution in [-0.4, -0.2) is 32.0 Å². The Morgan fingerprint density at radius 3 is 2.32 bits per heavy atom. The lowest BCUT2D eigenvalue weighted by Crippen LogP contribution is -2.49. The number of rotatable bonds is 6. The summed E-state index contributed by atoms with van der Waals surface area (Å²) in [6.45, 7) is 12.1. The van der Waals surface area contributed by atoms with Crippen LogP contribution in [-0.2, 0) is 17.3 Å². The third-order valence-corrected chi connectivity index (χ3v) is 5.98. The summed E-state index contributed by atoms with van der Waals surface area (Å²) < 4.78 is 1.88. The van der Waals surface area contributed by atoms with Crippen LogP contribution in [0.5, 0.6) is 0 Å². The summed E-state index contributed by atoms with van der Waals surface area (Å²) in [7, 11) is 1.89. The number of aromatic nitrogens is 3. The van der Waals surface area contributed by atoms with Crippen molar-refractivity contribution < 1.29 is 4.79 Å². The molecule has 0 bridgehead atoms. The van der Waals surface area contributed by atoms with Crippen molar-refractivity contribution in [3.8, 4) is 17.5 Å². The Bertz CT molecular complexity index is 874. The van der Waals surface area contributed by atoms with Crippen LogP contribution in [0, 0.1) is 17.2 Å². The molecule has 0 unspecified atom stereocenters. The van der Waals surface area contributed by atoms with Crippen LogP contribution in [0.4, 0.5) is 0 Å². The average Bonchev–Trinajstić information content (AvgIpc) is 2.99. The predicted octanol–water partition coefficient (Wildman–Crippen LogP) is 3.93. The van der Waals surface area contributed by atoms with Crippen molar-refractivity contribution in [2.75, 3.05) is 5.75 Å². The van der Waals surface area contributed by atoms with Gasteiger partial charge in [0.25, 0.3) is 0 Å². The van der Waals surface area contributed by atoms with Gasteiger partial charge in [0.2, 0.25) is 5.91 Å². The molecule has 0 aliphatic rings. The van der Waals surface area contributed by atoms with E-state index in [1.54, 1.807) is 6.92 Å². The van der Waals surface area contributed by atoms with Gasteiger partial charge in [0, 0.05) is 12.6 Å². The van der Waals surface area contributed by atoms with E-state index in [1.807, 2.05) is 37.6 Å². The van der Waals surface area contributed by atoms with Gasteiger partial charge in [-0.1, -0.05) is 70.6 Å². The number of nitrogens with zero attached hydrogens (tertiary/aromatic N) is 4. The molecular formula is C21H29N5OS. The number of thioether (sulfide) groups is 1. The van der Waals surface area contributed by atoms with Crippen molar-refractivity contribution in [3.05, 3.63) is 29.8 Å². The summed E-state index contributed by atoms with van der Waals surface area (Å²) in [5, 5.41) is 21.3. The van der Waals surface area contributed by atoms with Crippen LogP contribution in [0.25, 0.3) is 11.4 Å². The lowest BCUT2D eigenvalue weighted by Gasteiger charge is -2.27. The van der Waals surface area contributed by atoms with E-state index in [1.165, 1.54) is 17.3 Å². The Morgan fingerprint density at radius 1 is 1.21 bits per heavy atom. The molecule has 0 radical (unpaired) electrons. The Labute approximate surface area is 171 Å². The fourth-order valence-electron chi connectivity index (χ4n) is 2.57. The summed E-state index contributed by atoms with van der Waals surface area (Å²) in [6, 6.07) is 10.5.